The fourth-order valence-corrected chi connectivity index (χ4v) is 4.02. The third kappa shape index (κ3) is 3.48. The van der Waals surface area contributed by atoms with Crippen molar-refractivity contribution in [1.82, 2.24) is 14.7 Å². The van der Waals surface area contributed by atoms with Crippen LogP contribution in [-0.2, 0) is 19.7 Å². The topological polar surface area (TPSA) is 53.1 Å². The molecule has 0 unspecified atom stereocenters. The van der Waals surface area contributed by atoms with E-state index >= 15 is 0 Å². The highest BCUT2D eigenvalue weighted by Crippen LogP contribution is 2.49. The van der Waals surface area contributed by atoms with Gasteiger partial charge in [0.2, 0.25) is 11.8 Å². The molecule has 0 spiro atoms. The zero-order chi connectivity index (χ0) is 18.0. The molecule has 2 saturated heterocycles. The first kappa shape index (κ1) is 17.5. The molecule has 2 amide bonds. The summed E-state index contributed by atoms with van der Waals surface area (Å²) in [4.78, 5) is 31.6. The highest BCUT2D eigenvalue weighted by molar-refractivity contribution is 5.91. The summed E-state index contributed by atoms with van der Waals surface area (Å²) >= 11 is 0. The van der Waals surface area contributed by atoms with E-state index in [1.165, 1.54) is 0 Å². The van der Waals surface area contributed by atoms with Crippen molar-refractivity contribution in [2.24, 2.45) is 0 Å². The lowest BCUT2D eigenvalue weighted by atomic mass is 9.94. The largest absolute Gasteiger partial charge is 0.379 e. The first-order valence-electron chi connectivity index (χ1n) is 9.62. The van der Waals surface area contributed by atoms with Gasteiger partial charge in [-0.2, -0.15) is 0 Å². The summed E-state index contributed by atoms with van der Waals surface area (Å²) < 4.78 is 5.33. The predicted molar refractivity (Wildman–Crippen MR) is 97.8 cm³/mol. The number of ether oxygens (including phenoxy) is 1. The predicted octanol–water partition coefficient (Wildman–Crippen LogP) is 0.721. The highest BCUT2D eigenvalue weighted by Gasteiger charge is 2.53. The van der Waals surface area contributed by atoms with E-state index in [2.05, 4.69) is 17.0 Å². The molecule has 0 radical (unpaired) electrons. The maximum Gasteiger partial charge on any atom is 0.236 e. The Morgan fingerprint density at radius 2 is 1.50 bits per heavy atom. The van der Waals surface area contributed by atoms with Crippen LogP contribution in [0.25, 0.3) is 0 Å². The van der Waals surface area contributed by atoms with Crippen molar-refractivity contribution in [3.63, 3.8) is 0 Å². The van der Waals surface area contributed by atoms with Crippen LogP contribution in [0, 0.1) is 0 Å². The van der Waals surface area contributed by atoms with Gasteiger partial charge in [-0.3, -0.25) is 14.5 Å². The van der Waals surface area contributed by atoms with Crippen LogP contribution in [0.3, 0.4) is 0 Å². The molecule has 3 fully saturated rings. The van der Waals surface area contributed by atoms with Crippen LogP contribution >= 0.6 is 0 Å². The standard InChI is InChI=1S/C20H27N3O3/c24-18(16-21-12-14-26-15-13-21)22-8-10-23(11-9-22)19(25)20(6-7-20)17-4-2-1-3-5-17/h1-5H,6-16H2. The Bertz CT molecular complexity index is 646. The second kappa shape index (κ2) is 7.37. The molecule has 0 bridgehead atoms. The number of morpholine rings is 1. The summed E-state index contributed by atoms with van der Waals surface area (Å²) in [5.74, 6) is 0.409. The van der Waals surface area contributed by atoms with Gasteiger partial charge >= 0.3 is 0 Å². The number of nitrogens with zero attached hydrogens (tertiary/aromatic N) is 3. The lowest BCUT2D eigenvalue weighted by Gasteiger charge is -2.37. The Balaban J connectivity index is 1.31. The van der Waals surface area contributed by atoms with E-state index in [1.54, 1.807) is 0 Å². The molecular formula is C20H27N3O3. The zero-order valence-electron chi connectivity index (χ0n) is 15.2. The van der Waals surface area contributed by atoms with E-state index in [0.717, 1.165) is 31.5 Å². The molecule has 3 aliphatic rings. The lowest BCUT2D eigenvalue weighted by molar-refractivity contribution is -0.142. The Hall–Kier alpha value is -1.92. The summed E-state index contributed by atoms with van der Waals surface area (Å²) in [5, 5.41) is 0. The molecule has 6 nitrogen and oxygen atoms in total. The van der Waals surface area contributed by atoms with E-state index in [-0.39, 0.29) is 17.2 Å². The number of amides is 2. The molecule has 140 valence electrons. The summed E-state index contributed by atoms with van der Waals surface area (Å²) in [5.41, 5.74) is 0.831. The molecule has 0 atom stereocenters. The lowest BCUT2D eigenvalue weighted by Crippen LogP contribution is -2.55. The van der Waals surface area contributed by atoms with Gasteiger partial charge in [-0.25, -0.2) is 0 Å². The van der Waals surface area contributed by atoms with Crippen molar-refractivity contribution in [2.75, 3.05) is 59.0 Å². The van der Waals surface area contributed by atoms with E-state index in [9.17, 15) is 9.59 Å². The Morgan fingerprint density at radius 3 is 2.12 bits per heavy atom. The second-order valence-corrected chi connectivity index (χ2v) is 7.51. The normalized spacial score (nSPS) is 22.9. The Morgan fingerprint density at radius 1 is 0.885 bits per heavy atom. The smallest absolute Gasteiger partial charge is 0.236 e. The van der Waals surface area contributed by atoms with Crippen molar-refractivity contribution < 1.29 is 14.3 Å². The fraction of sp³-hybridized carbons (Fsp3) is 0.600. The third-order valence-corrected chi connectivity index (χ3v) is 5.87. The number of hydrogen-bond acceptors (Lipinski definition) is 4. The number of benzene rings is 1. The SMILES string of the molecule is O=C(CN1CCOCC1)N1CCN(C(=O)C2(c3ccccc3)CC2)CC1. The van der Waals surface area contributed by atoms with E-state index < -0.39 is 0 Å². The van der Waals surface area contributed by atoms with Crippen molar-refractivity contribution in [1.29, 1.82) is 0 Å². The van der Waals surface area contributed by atoms with Crippen LogP contribution in [0.4, 0.5) is 0 Å². The van der Waals surface area contributed by atoms with Crippen molar-refractivity contribution in [3.05, 3.63) is 35.9 Å². The van der Waals surface area contributed by atoms with E-state index in [0.29, 0.717) is 45.9 Å². The van der Waals surface area contributed by atoms with Crippen LogP contribution in [-0.4, -0.2) is 85.5 Å². The first-order valence-corrected chi connectivity index (χ1v) is 9.62. The molecule has 0 aromatic heterocycles. The summed E-state index contributed by atoms with van der Waals surface area (Å²) in [6.45, 7) is 6.08. The zero-order valence-corrected chi connectivity index (χ0v) is 15.2. The average Bonchev–Trinajstić information content (AvgIpc) is 3.51. The molecule has 0 N–H and O–H groups in total. The average molecular weight is 357 g/mol. The van der Waals surface area contributed by atoms with Gasteiger partial charge in [0.25, 0.3) is 0 Å². The van der Waals surface area contributed by atoms with Crippen LogP contribution in [0.1, 0.15) is 18.4 Å². The molecule has 2 aliphatic heterocycles. The van der Waals surface area contributed by atoms with Crippen LogP contribution in [0.15, 0.2) is 30.3 Å². The van der Waals surface area contributed by atoms with Crippen molar-refractivity contribution in [2.45, 2.75) is 18.3 Å². The van der Waals surface area contributed by atoms with Crippen molar-refractivity contribution >= 4 is 11.8 Å². The van der Waals surface area contributed by atoms with Gasteiger partial charge in [0, 0.05) is 39.3 Å². The van der Waals surface area contributed by atoms with Gasteiger partial charge in [0.15, 0.2) is 0 Å². The molecule has 2 heterocycles. The van der Waals surface area contributed by atoms with Gasteiger partial charge in [-0.05, 0) is 18.4 Å². The molecule has 6 heteroatoms. The summed E-state index contributed by atoms with van der Waals surface area (Å²) in [7, 11) is 0. The van der Waals surface area contributed by atoms with E-state index in [1.807, 2.05) is 28.0 Å². The molecular weight excluding hydrogens is 330 g/mol. The molecule has 1 aliphatic carbocycles. The molecule has 4 rings (SSSR count). The quantitative estimate of drug-likeness (QED) is 0.797. The maximum absolute atomic E-state index is 13.1. The van der Waals surface area contributed by atoms with Gasteiger partial charge in [0.05, 0.1) is 25.2 Å². The summed E-state index contributed by atoms with van der Waals surface area (Å²) in [6.07, 6.45) is 1.87. The monoisotopic (exact) mass is 357 g/mol. The first-order chi connectivity index (χ1) is 12.7. The molecule has 1 aromatic carbocycles. The number of hydrogen-bond donors (Lipinski definition) is 0. The minimum atomic E-state index is -0.304. The van der Waals surface area contributed by atoms with Crippen LogP contribution < -0.4 is 0 Å². The number of rotatable bonds is 4. The van der Waals surface area contributed by atoms with E-state index in [4.69, 9.17) is 4.74 Å². The Labute approximate surface area is 154 Å². The van der Waals surface area contributed by atoms with Gasteiger partial charge in [0.1, 0.15) is 0 Å². The van der Waals surface area contributed by atoms with Crippen molar-refractivity contribution in [3.8, 4) is 0 Å². The fourth-order valence-electron chi connectivity index (χ4n) is 4.02. The second-order valence-electron chi connectivity index (χ2n) is 7.51. The van der Waals surface area contributed by atoms with Gasteiger partial charge in [-0.1, -0.05) is 30.3 Å². The molecule has 1 saturated carbocycles. The third-order valence-electron chi connectivity index (χ3n) is 5.87. The maximum atomic E-state index is 13.1. The summed E-state index contributed by atoms with van der Waals surface area (Å²) in [6, 6.07) is 10.1. The molecule has 26 heavy (non-hydrogen) atoms. The van der Waals surface area contributed by atoms with Gasteiger partial charge in [-0.15, -0.1) is 0 Å². The minimum absolute atomic E-state index is 0.170. The number of piperazine rings is 1. The Kier molecular flexibility index (Phi) is 4.96. The highest BCUT2D eigenvalue weighted by atomic mass is 16.5. The number of carbonyl (C=O) groups is 2. The number of carbonyl (C=O) groups excluding carboxylic acids is 2. The van der Waals surface area contributed by atoms with Gasteiger partial charge < -0.3 is 14.5 Å². The van der Waals surface area contributed by atoms with Crippen LogP contribution in [0.2, 0.25) is 0 Å². The van der Waals surface area contributed by atoms with Crippen LogP contribution in [0.5, 0.6) is 0 Å². The molecule has 1 aromatic rings. The minimum Gasteiger partial charge on any atom is -0.379 e.